The molecule has 0 aromatic carbocycles. The molecule has 0 amide bonds. The van der Waals surface area contributed by atoms with Crippen molar-refractivity contribution in [2.75, 3.05) is 0 Å². The fourth-order valence-electron chi connectivity index (χ4n) is 0.702. The molecule has 0 atom stereocenters. The zero-order chi connectivity index (χ0) is 8.27. The lowest BCUT2D eigenvalue weighted by Crippen LogP contribution is -1.85. The maximum Gasteiger partial charge on any atom is 0.328 e. The molecule has 1 rings (SSSR count). The van der Waals surface area contributed by atoms with Gasteiger partial charge in [-0.25, -0.2) is 4.79 Å². The van der Waals surface area contributed by atoms with Crippen molar-refractivity contribution >= 4 is 12.0 Å². The first-order chi connectivity index (χ1) is 5.20. The summed E-state index contributed by atoms with van der Waals surface area (Å²) in [4.78, 5) is 10.1. The lowest BCUT2D eigenvalue weighted by molar-refractivity contribution is -0.131. The number of aryl methyl sites for hydroxylation is 1. The topological polar surface area (TPSA) is 50.4 Å². The molecule has 0 radical (unpaired) electrons. The van der Waals surface area contributed by atoms with Crippen LogP contribution in [-0.2, 0) is 4.79 Å². The van der Waals surface area contributed by atoms with Gasteiger partial charge >= 0.3 is 5.97 Å². The summed E-state index contributed by atoms with van der Waals surface area (Å²) in [5.41, 5.74) is 1.73. The van der Waals surface area contributed by atoms with E-state index in [-0.39, 0.29) is 0 Å². The van der Waals surface area contributed by atoms with E-state index in [9.17, 15) is 4.79 Å². The van der Waals surface area contributed by atoms with Crippen molar-refractivity contribution in [2.24, 2.45) is 0 Å². The first-order valence-electron chi connectivity index (χ1n) is 3.14. The van der Waals surface area contributed by atoms with E-state index in [0.717, 1.165) is 17.2 Å². The molecule has 0 aliphatic carbocycles. The number of furan rings is 1. The van der Waals surface area contributed by atoms with Gasteiger partial charge in [-0.3, -0.25) is 0 Å². The van der Waals surface area contributed by atoms with Crippen molar-refractivity contribution in [3.05, 3.63) is 29.7 Å². The summed E-state index contributed by atoms with van der Waals surface area (Å²) in [6, 6.07) is 0. The Morgan fingerprint density at radius 1 is 1.64 bits per heavy atom. The van der Waals surface area contributed by atoms with Crippen molar-refractivity contribution in [3.63, 3.8) is 0 Å². The zero-order valence-electron chi connectivity index (χ0n) is 6.07. The van der Waals surface area contributed by atoms with Gasteiger partial charge in [0.2, 0.25) is 0 Å². The Kier molecular flexibility index (Phi) is 2.11. The summed E-state index contributed by atoms with van der Waals surface area (Å²) in [6.07, 6.45) is 5.66. The Labute approximate surface area is 64.0 Å². The minimum atomic E-state index is -0.953. The largest absolute Gasteiger partial charge is 0.478 e. The molecule has 0 saturated heterocycles. The minimum Gasteiger partial charge on any atom is -0.478 e. The highest BCUT2D eigenvalue weighted by Gasteiger charge is 1.95. The lowest BCUT2D eigenvalue weighted by atomic mass is 10.2. The van der Waals surface area contributed by atoms with Gasteiger partial charge in [-0.05, 0) is 18.6 Å². The Morgan fingerprint density at radius 3 is 2.82 bits per heavy atom. The highest BCUT2D eigenvalue weighted by molar-refractivity contribution is 5.85. The Balaban J connectivity index is 2.79. The van der Waals surface area contributed by atoms with Crippen LogP contribution in [0.4, 0.5) is 0 Å². The van der Waals surface area contributed by atoms with Gasteiger partial charge in [0.25, 0.3) is 0 Å². The summed E-state index contributed by atoms with van der Waals surface area (Å²) in [5, 5.41) is 8.29. The molecule has 0 unspecified atom stereocenters. The van der Waals surface area contributed by atoms with Crippen molar-refractivity contribution < 1.29 is 14.3 Å². The molecule has 11 heavy (non-hydrogen) atoms. The summed E-state index contributed by atoms with van der Waals surface area (Å²) in [6.45, 7) is 1.85. The van der Waals surface area contributed by atoms with Crippen LogP contribution >= 0.6 is 0 Å². The van der Waals surface area contributed by atoms with Gasteiger partial charge in [0, 0.05) is 11.6 Å². The van der Waals surface area contributed by atoms with Gasteiger partial charge in [-0.1, -0.05) is 0 Å². The van der Waals surface area contributed by atoms with E-state index < -0.39 is 5.97 Å². The highest BCUT2D eigenvalue weighted by atomic mass is 16.4. The van der Waals surface area contributed by atoms with Gasteiger partial charge in [0.15, 0.2) is 0 Å². The Bertz CT molecular complexity index is 283. The van der Waals surface area contributed by atoms with Gasteiger partial charge in [0.05, 0.1) is 12.5 Å². The molecule has 3 nitrogen and oxygen atoms in total. The molecule has 1 N–H and O–H groups in total. The summed E-state index contributed by atoms with van der Waals surface area (Å²) in [7, 11) is 0. The quantitative estimate of drug-likeness (QED) is 0.656. The first-order valence-corrected chi connectivity index (χ1v) is 3.14. The number of rotatable bonds is 2. The molecule has 0 aliphatic heterocycles. The summed E-state index contributed by atoms with van der Waals surface area (Å²) >= 11 is 0. The molecule has 0 bridgehead atoms. The van der Waals surface area contributed by atoms with Crippen LogP contribution < -0.4 is 0 Å². The number of aliphatic carboxylic acids is 1. The number of hydrogen-bond donors (Lipinski definition) is 1. The van der Waals surface area contributed by atoms with Crippen molar-refractivity contribution in [3.8, 4) is 0 Å². The van der Waals surface area contributed by atoms with E-state index >= 15 is 0 Å². The molecule has 1 aromatic heterocycles. The number of carbonyl (C=O) groups is 1. The van der Waals surface area contributed by atoms with Crippen LogP contribution in [0, 0.1) is 6.92 Å². The van der Waals surface area contributed by atoms with E-state index in [2.05, 4.69) is 0 Å². The zero-order valence-corrected chi connectivity index (χ0v) is 6.07. The van der Waals surface area contributed by atoms with E-state index in [4.69, 9.17) is 9.52 Å². The Hall–Kier alpha value is -1.51. The van der Waals surface area contributed by atoms with Gasteiger partial charge in [0.1, 0.15) is 0 Å². The third kappa shape index (κ3) is 1.97. The SMILES string of the molecule is Cc1cocc1/C=C/C(=O)O. The van der Waals surface area contributed by atoms with Gasteiger partial charge < -0.3 is 9.52 Å². The van der Waals surface area contributed by atoms with Crippen LogP contribution in [0.2, 0.25) is 0 Å². The smallest absolute Gasteiger partial charge is 0.328 e. The second-order valence-corrected chi connectivity index (χ2v) is 2.18. The van der Waals surface area contributed by atoms with E-state index in [0.29, 0.717) is 0 Å². The fourth-order valence-corrected chi connectivity index (χ4v) is 0.702. The maximum absolute atomic E-state index is 10.1. The predicted octanol–water partition coefficient (Wildman–Crippen LogP) is 1.69. The van der Waals surface area contributed by atoms with Crippen LogP contribution in [0.5, 0.6) is 0 Å². The molecular formula is C8H8O3. The fraction of sp³-hybridized carbons (Fsp3) is 0.125. The van der Waals surface area contributed by atoms with Crippen LogP contribution in [0.1, 0.15) is 11.1 Å². The third-order valence-corrected chi connectivity index (χ3v) is 1.30. The molecule has 0 aliphatic rings. The first kappa shape index (κ1) is 7.60. The van der Waals surface area contributed by atoms with Crippen molar-refractivity contribution in [1.82, 2.24) is 0 Å². The van der Waals surface area contributed by atoms with Crippen molar-refractivity contribution in [1.29, 1.82) is 0 Å². The van der Waals surface area contributed by atoms with Crippen LogP contribution in [0.25, 0.3) is 6.08 Å². The number of carboxylic acids is 1. The maximum atomic E-state index is 10.1. The minimum absolute atomic E-state index is 0.799. The predicted molar refractivity (Wildman–Crippen MR) is 40.1 cm³/mol. The third-order valence-electron chi connectivity index (χ3n) is 1.30. The van der Waals surface area contributed by atoms with E-state index in [1.54, 1.807) is 6.26 Å². The average molecular weight is 152 g/mol. The standard InChI is InChI=1S/C8H8O3/c1-6-4-11-5-7(6)2-3-8(9)10/h2-5H,1H3,(H,9,10)/b3-2+. The molecule has 3 heteroatoms. The van der Waals surface area contributed by atoms with E-state index in [1.807, 2.05) is 6.92 Å². The molecule has 1 aromatic rings. The van der Waals surface area contributed by atoms with Crippen molar-refractivity contribution in [2.45, 2.75) is 6.92 Å². The van der Waals surface area contributed by atoms with Crippen LogP contribution in [-0.4, -0.2) is 11.1 Å². The normalized spacial score (nSPS) is 10.6. The van der Waals surface area contributed by atoms with Crippen LogP contribution in [0.15, 0.2) is 23.0 Å². The van der Waals surface area contributed by atoms with Gasteiger partial charge in [-0.15, -0.1) is 0 Å². The monoisotopic (exact) mass is 152 g/mol. The second kappa shape index (κ2) is 3.05. The van der Waals surface area contributed by atoms with Gasteiger partial charge in [-0.2, -0.15) is 0 Å². The van der Waals surface area contributed by atoms with Crippen LogP contribution in [0.3, 0.4) is 0 Å². The highest BCUT2D eigenvalue weighted by Crippen LogP contribution is 2.09. The molecule has 1 heterocycles. The van der Waals surface area contributed by atoms with E-state index in [1.165, 1.54) is 12.3 Å². The molecular weight excluding hydrogens is 144 g/mol. The Morgan fingerprint density at radius 2 is 2.36 bits per heavy atom. The molecule has 0 saturated carbocycles. The molecule has 58 valence electrons. The molecule has 0 fully saturated rings. The summed E-state index contributed by atoms with van der Waals surface area (Å²) < 4.78 is 4.83. The summed E-state index contributed by atoms with van der Waals surface area (Å²) in [5.74, 6) is -0.953. The number of hydrogen-bond acceptors (Lipinski definition) is 2. The average Bonchev–Trinajstić information content (AvgIpc) is 2.31. The lowest BCUT2D eigenvalue weighted by Gasteiger charge is -1.83. The number of carboxylic acid groups (broad SMARTS) is 1. The second-order valence-electron chi connectivity index (χ2n) is 2.18. The molecule has 0 spiro atoms.